The molecule has 1 aromatic heterocycles. The standard InChI is InChI=1S/C27H39N5O2/c1-20-15-22(32-13-11-31(12-14-32)21(2)25-7-5-6-10-30-25)8-9-23(20)24(28)16-29-17-26-33-18-27(3,4)19-34-26/h5-10,15-16,21,26,29H,11-14,17-19,28H2,1-4H3/b24-16-. The maximum absolute atomic E-state index is 6.38. The van der Waals surface area contributed by atoms with E-state index in [9.17, 15) is 0 Å². The van der Waals surface area contributed by atoms with E-state index in [1.54, 1.807) is 0 Å². The molecule has 0 bridgehead atoms. The summed E-state index contributed by atoms with van der Waals surface area (Å²) in [5, 5.41) is 3.26. The minimum atomic E-state index is -0.236. The monoisotopic (exact) mass is 465 g/mol. The third-order valence-corrected chi connectivity index (χ3v) is 6.73. The molecule has 0 saturated carbocycles. The van der Waals surface area contributed by atoms with E-state index in [1.165, 1.54) is 11.3 Å². The van der Waals surface area contributed by atoms with Gasteiger partial charge < -0.3 is 25.4 Å². The van der Waals surface area contributed by atoms with Crippen molar-refractivity contribution in [1.82, 2.24) is 15.2 Å². The Morgan fingerprint density at radius 1 is 1.18 bits per heavy atom. The minimum Gasteiger partial charge on any atom is -0.397 e. The molecule has 2 aliphatic heterocycles. The van der Waals surface area contributed by atoms with Crippen LogP contribution >= 0.6 is 0 Å². The fraction of sp³-hybridized carbons (Fsp3) is 0.519. The third-order valence-electron chi connectivity index (χ3n) is 6.73. The number of rotatable bonds is 7. The number of nitrogens with one attached hydrogen (secondary N) is 1. The molecular weight excluding hydrogens is 426 g/mol. The second kappa shape index (κ2) is 10.8. The summed E-state index contributed by atoms with van der Waals surface area (Å²) in [4.78, 5) is 9.49. The van der Waals surface area contributed by atoms with E-state index in [1.807, 2.05) is 18.5 Å². The van der Waals surface area contributed by atoms with Crippen LogP contribution in [-0.2, 0) is 9.47 Å². The second-order valence-corrected chi connectivity index (χ2v) is 10.2. The predicted octanol–water partition coefficient (Wildman–Crippen LogP) is 3.52. The summed E-state index contributed by atoms with van der Waals surface area (Å²) in [5.41, 5.74) is 11.8. The highest BCUT2D eigenvalue weighted by molar-refractivity contribution is 5.68. The van der Waals surface area contributed by atoms with E-state index >= 15 is 0 Å². The van der Waals surface area contributed by atoms with Gasteiger partial charge in [-0.3, -0.25) is 9.88 Å². The lowest BCUT2D eigenvalue weighted by Crippen LogP contribution is -2.47. The summed E-state index contributed by atoms with van der Waals surface area (Å²) in [5.74, 6) is 0. The number of pyridine rings is 1. The van der Waals surface area contributed by atoms with Crippen molar-refractivity contribution >= 4 is 11.4 Å². The number of piperazine rings is 1. The predicted molar refractivity (Wildman–Crippen MR) is 137 cm³/mol. The van der Waals surface area contributed by atoms with Crippen LogP contribution in [0.2, 0.25) is 0 Å². The molecule has 3 N–H and O–H groups in total. The van der Waals surface area contributed by atoms with Gasteiger partial charge in [0.25, 0.3) is 0 Å². The molecule has 34 heavy (non-hydrogen) atoms. The Balaban J connectivity index is 1.29. The first kappa shape index (κ1) is 24.5. The second-order valence-electron chi connectivity index (χ2n) is 10.2. The fourth-order valence-corrected chi connectivity index (χ4v) is 4.53. The number of aromatic nitrogens is 1. The lowest BCUT2D eigenvalue weighted by molar-refractivity contribution is -0.217. The van der Waals surface area contributed by atoms with E-state index in [0.29, 0.717) is 31.5 Å². The maximum Gasteiger partial charge on any atom is 0.174 e. The van der Waals surface area contributed by atoms with Crippen LogP contribution in [0.15, 0.2) is 48.8 Å². The van der Waals surface area contributed by atoms with Gasteiger partial charge in [-0.1, -0.05) is 26.0 Å². The van der Waals surface area contributed by atoms with Crippen molar-refractivity contribution < 1.29 is 9.47 Å². The van der Waals surface area contributed by atoms with Crippen molar-refractivity contribution in [2.45, 2.75) is 40.0 Å². The van der Waals surface area contributed by atoms with E-state index < -0.39 is 0 Å². The van der Waals surface area contributed by atoms with Crippen LogP contribution < -0.4 is 16.0 Å². The average molecular weight is 466 g/mol. The Morgan fingerprint density at radius 2 is 1.91 bits per heavy atom. The highest BCUT2D eigenvalue weighted by atomic mass is 16.7. The molecule has 0 aliphatic carbocycles. The molecule has 2 aromatic rings. The molecule has 3 heterocycles. The van der Waals surface area contributed by atoms with Gasteiger partial charge in [0.15, 0.2) is 6.29 Å². The van der Waals surface area contributed by atoms with Crippen LogP contribution in [0.4, 0.5) is 5.69 Å². The molecule has 0 spiro atoms. The van der Waals surface area contributed by atoms with Crippen molar-refractivity contribution in [1.29, 1.82) is 0 Å². The lowest BCUT2D eigenvalue weighted by atomic mass is 9.96. The number of benzene rings is 1. The van der Waals surface area contributed by atoms with Crippen LogP contribution in [0.25, 0.3) is 5.70 Å². The molecule has 7 heteroatoms. The molecule has 1 atom stereocenters. The molecule has 0 radical (unpaired) electrons. The van der Waals surface area contributed by atoms with Crippen LogP contribution in [0.3, 0.4) is 0 Å². The number of anilines is 1. The number of hydrogen-bond acceptors (Lipinski definition) is 7. The van der Waals surface area contributed by atoms with Gasteiger partial charge in [0.2, 0.25) is 0 Å². The van der Waals surface area contributed by atoms with E-state index in [-0.39, 0.29) is 11.7 Å². The third kappa shape index (κ3) is 6.09. The first-order valence-electron chi connectivity index (χ1n) is 12.3. The number of nitrogens with two attached hydrogens (primary N) is 1. The summed E-state index contributed by atoms with van der Waals surface area (Å²) in [6, 6.07) is 13.0. The Bertz CT molecular complexity index is 960. The van der Waals surface area contributed by atoms with Crippen molar-refractivity contribution in [2.75, 3.05) is 50.8 Å². The van der Waals surface area contributed by atoms with Gasteiger partial charge in [-0.2, -0.15) is 0 Å². The Hall–Kier alpha value is -2.61. The molecule has 4 rings (SSSR count). The van der Waals surface area contributed by atoms with Crippen molar-refractivity contribution in [3.05, 3.63) is 65.6 Å². The van der Waals surface area contributed by atoms with Gasteiger partial charge in [0.05, 0.1) is 31.1 Å². The summed E-state index contributed by atoms with van der Waals surface area (Å²) >= 11 is 0. The molecule has 184 valence electrons. The van der Waals surface area contributed by atoms with E-state index in [0.717, 1.165) is 37.4 Å². The zero-order valence-corrected chi connectivity index (χ0v) is 21.0. The van der Waals surface area contributed by atoms with Gasteiger partial charge in [0.1, 0.15) is 0 Å². The van der Waals surface area contributed by atoms with E-state index in [2.05, 4.69) is 78.1 Å². The SMILES string of the molecule is Cc1cc(N2CCN(C(C)c3ccccn3)CC2)ccc1/C(N)=C/NCC1OCC(C)(C)CO1. The van der Waals surface area contributed by atoms with Gasteiger partial charge in [-0.25, -0.2) is 0 Å². The lowest BCUT2D eigenvalue weighted by Gasteiger charge is -2.39. The van der Waals surface area contributed by atoms with Gasteiger partial charge >= 0.3 is 0 Å². The van der Waals surface area contributed by atoms with Crippen molar-refractivity contribution in [2.24, 2.45) is 11.1 Å². The summed E-state index contributed by atoms with van der Waals surface area (Å²) in [6.07, 6.45) is 3.49. The molecule has 7 nitrogen and oxygen atoms in total. The van der Waals surface area contributed by atoms with Gasteiger partial charge in [-0.05, 0) is 43.7 Å². The smallest absolute Gasteiger partial charge is 0.174 e. The molecular formula is C27H39N5O2. The van der Waals surface area contributed by atoms with Crippen LogP contribution in [0.1, 0.15) is 43.6 Å². The van der Waals surface area contributed by atoms with Crippen LogP contribution in [0.5, 0.6) is 0 Å². The van der Waals surface area contributed by atoms with E-state index in [4.69, 9.17) is 15.2 Å². The van der Waals surface area contributed by atoms with Gasteiger partial charge in [-0.15, -0.1) is 0 Å². The minimum absolute atomic E-state index is 0.0776. The summed E-state index contributed by atoms with van der Waals surface area (Å²) < 4.78 is 11.5. The molecule has 2 aliphatic rings. The fourth-order valence-electron chi connectivity index (χ4n) is 4.53. The van der Waals surface area contributed by atoms with Crippen molar-refractivity contribution in [3.63, 3.8) is 0 Å². The first-order chi connectivity index (χ1) is 16.3. The maximum atomic E-state index is 6.38. The Labute approximate surface area is 203 Å². The Kier molecular flexibility index (Phi) is 7.76. The number of nitrogens with zero attached hydrogens (tertiary/aromatic N) is 3. The molecule has 2 fully saturated rings. The highest BCUT2D eigenvalue weighted by Crippen LogP contribution is 2.26. The summed E-state index contributed by atoms with van der Waals surface area (Å²) in [7, 11) is 0. The number of hydrogen-bond donors (Lipinski definition) is 2. The topological polar surface area (TPSA) is 75.9 Å². The van der Waals surface area contributed by atoms with Gasteiger partial charge in [0, 0.05) is 61.3 Å². The van der Waals surface area contributed by atoms with Crippen LogP contribution in [-0.4, -0.2) is 62.1 Å². The zero-order chi connectivity index (χ0) is 24.1. The molecule has 0 amide bonds. The quantitative estimate of drug-likeness (QED) is 0.648. The first-order valence-corrected chi connectivity index (χ1v) is 12.3. The van der Waals surface area contributed by atoms with Crippen LogP contribution in [0, 0.1) is 12.3 Å². The van der Waals surface area contributed by atoms with Crippen molar-refractivity contribution in [3.8, 4) is 0 Å². The number of aryl methyl sites for hydroxylation is 1. The normalized spacial score (nSPS) is 20.8. The molecule has 1 aromatic carbocycles. The number of ether oxygens (including phenoxy) is 2. The summed E-state index contributed by atoms with van der Waals surface area (Å²) in [6.45, 7) is 14.7. The molecule has 1 unspecified atom stereocenters. The molecule has 2 saturated heterocycles. The highest BCUT2D eigenvalue weighted by Gasteiger charge is 2.28. The average Bonchev–Trinajstić information content (AvgIpc) is 2.85. The largest absolute Gasteiger partial charge is 0.397 e. The Morgan fingerprint density at radius 3 is 2.56 bits per heavy atom. The zero-order valence-electron chi connectivity index (χ0n) is 21.0.